The molecule has 0 amide bonds. The summed E-state index contributed by atoms with van der Waals surface area (Å²) >= 11 is 0. The highest BCUT2D eigenvalue weighted by Crippen LogP contribution is 2.02. The van der Waals surface area contributed by atoms with Gasteiger partial charge in [0.25, 0.3) is 0 Å². The normalized spacial score (nSPS) is 12.1. The van der Waals surface area contributed by atoms with Crippen molar-refractivity contribution in [3.8, 4) is 0 Å². The van der Waals surface area contributed by atoms with Gasteiger partial charge < -0.3 is 9.47 Å². The van der Waals surface area contributed by atoms with Crippen LogP contribution in [0.2, 0.25) is 0 Å². The van der Waals surface area contributed by atoms with Crippen LogP contribution in [0.5, 0.6) is 0 Å². The van der Waals surface area contributed by atoms with Gasteiger partial charge in [-0.1, -0.05) is 24.8 Å². The van der Waals surface area contributed by atoms with Crippen molar-refractivity contribution in [2.75, 3.05) is 14.2 Å². The zero-order valence-corrected chi connectivity index (χ0v) is 9.32. The molecule has 0 aromatic rings. The van der Waals surface area contributed by atoms with Crippen molar-refractivity contribution >= 4 is 5.97 Å². The van der Waals surface area contributed by atoms with Gasteiger partial charge in [0, 0.05) is 0 Å². The molecule has 3 nitrogen and oxygen atoms in total. The molecular weight excluding hydrogens is 192 g/mol. The molecule has 0 rings (SSSR count). The Hall–Kier alpha value is -1.77. The number of carbonyl (C=O) groups is 1. The van der Waals surface area contributed by atoms with Crippen molar-refractivity contribution in [3.63, 3.8) is 0 Å². The number of ether oxygens (including phenoxy) is 2. The van der Waals surface area contributed by atoms with E-state index in [1.54, 1.807) is 30.4 Å². The van der Waals surface area contributed by atoms with Gasteiger partial charge in [-0.05, 0) is 19.1 Å². The van der Waals surface area contributed by atoms with E-state index in [2.05, 4.69) is 11.3 Å². The molecule has 0 atom stereocenters. The van der Waals surface area contributed by atoms with Gasteiger partial charge in [-0.25, -0.2) is 4.79 Å². The minimum atomic E-state index is -0.374. The minimum absolute atomic E-state index is 0.374. The summed E-state index contributed by atoms with van der Waals surface area (Å²) in [4.78, 5) is 11.2. The van der Waals surface area contributed by atoms with E-state index in [-0.39, 0.29) is 5.97 Å². The third kappa shape index (κ3) is 5.52. The van der Waals surface area contributed by atoms with Gasteiger partial charge in [-0.3, -0.25) is 0 Å². The molecule has 0 N–H and O–H groups in total. The van der Waals surface area contributed by atoms with Gasteiger partial charge in [0.1, 0.15) is 5.76 Å². The molecule has 0 unspecified atom stereocenters. The van der Waals surface area contributed by atoms with Crippen LogP contribution in [-0.4, -0.2) is 20.2 Å². The summed E-state index contributed by atoms with van der Waals surface area (Å²) < 4.78 is 9.44. The summed E-state index contributed by atoms with van der Waals surface area (Å²) in [5.74, 6) is 0.150. The molecule has 82 valence electrons. The van der Waals surface area contributed by atoms with Crippen LogP contribution in [0.25, 0.3) is 0 Å². The average Bonchev–Trinajstić information content (AvgIpc) is 2.26. The van der Waals surface area contributed by atoms with E-state index in [1.165, 1.54) is 14.2 Å². The summed E-state index contributed by atoms with van der Waals surface area (Å²) in [6.07, 6.45) is 8.41. The molecular formula is C12H16O3. The van der Waals surface area contributed by atoms with E-state index in [0.29, 0.717) is 11.3 Å². The third-order valence-corrected chi connectivity index (χ3v) is 1.59. The predicted molar refractivity (Wildman–Crippen MR) is 60.2 cm³/mol. The van der Waals surface area contributed by atoms with Crippen LogP contribution in [0.1, 0.15) is 6.92 Å². The number of hydrogen-bond acceptors (Lipinski definition) is 3. The van der Waals surface area contributed by atoms with Crippen LogP contribution in [0.3, 0.4) is 0 Å². The van der Waals surface area contributed by atoms with Crippen LogP contribution in [0.15, 0.2) is 48.3 Å². The predicted octanol–water partition coefficient (Wildman–Crippen LogP) is 2.38. The van der Waals surface area contributed by atoms with E-state index in [1.807, 2.05) is 6.92 Å². The second-order valence-corrected chi connectivity index (χ2v) is 2.64. The van der Waals surface area contributed by atoms with E-state index in [9.17, 15) is 4.79 Å². The van der Waals surface area contributed by atoms with Gasteiger partial charge >= 0.3 is 5.97 Å². The minimum Gasteiger partial charge on any atom is -0.497 e. The summed E-state index contributed by atoms with van der Waals surface area (Å²) in [6.45, 7) is 5.44. The quantitative estimate of drug-likeness (QED) is 0.301. The lowest BCUT2D eigenvalue weighted by Crippen LogP contribution is -2.01. The first-order valence-electron chi connectivity index (χ1n) is 4.48. The summed E-state index contributed by atoms with van der Waals surface area (Å²) in [5.41, 5.74) is 0.472. The fourth-order valence-electron chi connectivity index (χ4n) is 0.816. The van der Waals surface area contributed by atoms with E-state index >= 15 is 0 Å². The highest BCUT2D eigenvalue weighted by atomic mass is 16.5. The van der Waals surface area contributed by atoms with Crippen molar-refractivity contribution in [3.05, 3.63) is 48.3 Å². The fourth-order valence-corrected chi connectivity index (χ4v) is 0.816. The summed E-state index contributed by atoms with van der Waals surface area (Å²) in [6, 6.07) is 0. The SMILES string of the molecule is C=C(/C=C/C=C(\C=C/C)C(=O)OC)OC. The van der Waals surface area contributed by atoms with Crippen molar-refractivity contribution in [2.45, 2.75) is 6.92 Å². The number of carbonyl (C=O) groups excluding carboxylic acids is 1. The monoisotopic (exact) mass is 208 g/mol. The number of rotatable bonds is 5. The molecule has 0 aliphatic heterocycles. The molecule has 0 aromatic carbocycles. The Morgan fingerprint density at radius 1 is 1.20 bits per heavy atom. The fraction of sp³-hybridized carbons (Fsp3) is 0.250. The van der Waals surface area contributed by atoms with E-state index in [0.717, 1.165) is 0 Å². The lowest BCUT2D eigenvalue weighted by atomic mass is 10.2. The molecule has 0 heterocycles. The molecule has 0 aromatic heterocycles. The first kappa shape index (κ1) is 13.2. The molecule has 0 saturated carbocycles. The molecule has 0 radical (unpaired) electrons. The van der Waals surface area contributed by atoms with Crippen LogP contribution < -0.4 is 0 Å². The molecule has 0 aliphatic rings. The largest absolute Gasteiger partial charge is 0.497 e. The molecule has 3 heteroatoms. The van der Waals surface area contributed by atoms with Crippen molar-refractivity contribution in [1.29, 1.82) is 0 Å². The molecule has 15 heavy (non-hydrogen) atoms. The third-order valence-electron chi connectivity index (χ3n) is 1.59. The summed E-state index contributed by atoms with van der Waals surface area (Å²) in [5, 5.41) is 0. The Balaban J connectivity index is 4.63. The first-order chi connectivity index (χ1) is 7.15. The lowest BCUT2D eigenvalue weighted by Gasteiger charge is -1.98. The number of hydrogen-bond donors (Lipinski definition) is 0. The van der Waals surface area contributed by atoms with Crippen LogP contribution in [0, 0.1) is 0 Å². The van der Waals surface area contributed by atoms with Crippen LogP contribution in [-0.2, 0) is 14.3 Å². The Kier molecular flexibility index (Phi) is 6.72. The van der Waals surface area contributed by atoms with Crippen LogP contribution >= 0.6 is 0 Å². The van der Waals surface area contributed by atoms with Gasteiger partial charge in [0.05, 0.1) is 19.8 Å². The molecule has 0 bridgehead atoms. The maximum Gasteiger partial charge on any atom is 0.337 e. The molecule has 0 spiro atoms. The zero-order valence-electron chi connectivity index (χ0n) is 9.32. The number of allylic oxidation sites excluding steroid dienone is 4. The average molecular weight is 208 g/mol. The molecule has 0 fully saturated rings. The number of methoxy groups -OCH3 is 2. The van der Waals surface area contributed by atoms with Crippen LogP contribution in [0.4, 0.5) is 0 Å². The van der Waals surface area contributed by atoms with Gasteiger partial charge in [0.15, 0.2) is 0 Å². The second-order valence-electron chi connectivity index (χ2n) is 2.64. The molecule has 0 aliphatic carbocycles. The van der Waals surface area contributed by atoms with Crippen molar-refractivity contribution in [1.82, 2.24) is 0 Å². The zero-order chi connectivity index (χ0) is 11.7. The first-order valence-corrected chi connectivity index (χ1v) is 4.48. The highest BCUT2D eigenvalue weighted by molar-refractivity contribution is 5.91. The topological polar surface area (TPSA) is 35.5 Å². The van der Waals surface area contributed by atoms with Gasteiger partial charge in [-0.15, -0.1) is 0 Å². The van der Waals surface area contributed by atoms with Gasteiger partial charge in [-0.2, -0.15) is 0 Å². The lowest BCUT2D eigenvalue weighted by molar-refractivity contribution is -0.135. The standard InChI is InChI=1S/C12H16O3/c1-5-7-11(12(13)15-4)9-6-8-10(2)14-3/h5-9H,2H2,1,3-4H3/b7-5-,8-6+,11-9+. The van der Waals surface area contributed by atoms with E-state index in [4.69, 9.17) is 4.74 Å². The maximum absolute atomic E-state index is 11.2. The smallest absolute Gasteiger partial charge is 0.337 e. The van der Waals surface area contributed by atoms with Gasteiger partial charge in [0.2, 0.25) is 0 Å². The Morgan fingerprint density at radius 3 is 2.33 bits per heavy atom. The Labute approximate surface area is 90.4 Å². The summed E-state index contributed by atoms with van der Waals surface area (Å²) in [7, 11) is 2.88. The van der Waals surface area contributed by atoms with Crippen molar-refractivity contribution < 1.29 is 14.3 Å². The van der Waals surface area contributed by atoms with E-state index < -0.39 is 0 Å². The number of esters is 1. The molecule has 0 saturated heterocycles. The highest BCUT2D eigenvalue weighted by Gasteiger charge is 2.02. The maximum atomic E-state index is 11.2. The Morgan fingerprint density at radius 2 is 1.87 bits per heavy atom. The second kappa shape index (κ2) is 7.62. The van der Waals surface area contributed by atoms with Crippen molar-refractivity contribution in [2.24, 2.45) is 0 Å². The Bertz CT molecular complexity index is 309.